The number of ether oxygens (including phenoxy) is 1. The van der Waals surface area contributed by atoms with E-state index in [1.54, 1.807) is 48.5 Å². The molecular formula is C24H18FNO4. The number of nitrogens with zero attached hydrogens (tertiary/aromatic N) is 1. The summed E-state index contributed by atoms with van der Waals surface area (Å²) in [7, 11) is 1.52. The Morgan fingerprint density at radius 1 is 0.900 bits per heavy atom. The van der Waals surface area contributed by atoms with E-state index in [0.29, 0.717) is 22.6 Å². The fourth-order valence-corrected chi connectivity index (χ4v) is 3.74. The van der Waals surface area contributed by atoms with Crippen molar-refractivity contribution in [3.8, 4) is 5.75 Å². The van der Waals surface area contributed by atoms with Gasteiger partial charge >= 0.3 is 0 Å². The van der Waals surface area contributed by atoms with E-state index in [0.717, 1.165) is 0 Å². The molecule has 1 amide bonds. The second-order valence-electron chi connectivity index (χ2n) is 6.94. The molecule has 4 rings (SSSR count). The van der Waals surface area contributed by atoms with Crippen molar-refractivity contribution in [1.29, 1.82) is 0 Å². The zero-order valence-corrected chi connectivity index (χ0v) is 16.1. The lowest BCUT2D eigenvalue weighted by Crippen LogP contribution is -2.30. The van der Waals surface area contributed by atoms with Gasteiger partial charge in [-0.3, -0.25) is 19.3 Å². The molecule has 5 nitrogen and oxygen atoms in total. The number of amides is 1. The number of halogens is 1. The zero-order chi connectivity index (χ0) is 21.3. The Balaban J connectivity index is 1.81. The molecule has 1 fully saturated rings. The number of hydrogen-bond donors (Lipinski definition) is 0. The van der Waals surface area contributed by atoms with Crippen molar-refractivity contribution < 1.29 is 23.5 Å². The lowest BCUT2D eigenvalue weighted by Gasteiger charge is -2.27. The third-order valence-corrected chi connectivity index (χ3v) is 5.21. The molecule has 0 bridgehead atoms. The smallest absolute Gasteiger partial charge is 0.295 e. The molecule has 0 aliphatic carbocycles. The lowest BCUT2D eigenvalue weighted by molar-refractivity contribution is -0.135. The Hall–Kier alpha value is -3.80. The Bertz CT molecular complexity index is 1090. The minimum atomic E-state index is -1.21. The van der Waals surface area contributed by atoms with Crippen LogP contribution in [0.4, 0.5) is 10.1 Å². The van der Waals surface area contributed by atoms with Gasteiger partial charge in [0.25, 0.3) is 5.91 Å². The number of carbonyl (C=O) groups excluding carboxylic acids is 3. The first-order chi connectivity index (χ1) is 14.5. The van der Waals surface area contributed by atoms with Crippen molar-refractivity contribution in [2.24, 2.45) is 5.92 Å². The number of carbonyl (C=O) groups is 3. The summed E-state index contributed by atoms with van der Waals surface area (Å²) in [5.41, 5.74) is 1.31. The maximum absolute atomic E-state index is 13.4. The number of anilines is 1. The minimum Gasteiger partial charge on any atom is -0.497 e. The average molecular weight is 403 g/mol. The summed E-state index contributed by atoms with van der Waals surface area (Å²) in [6.45, 7) is 0. The third kappa shape index (κ3) is 3.37. The highest BCUT2D eigenvalue weighted by Gasteiger charge is 2.52. The molecule has 2 unspecified atom stereocenters. The highest BCUT2D eigenvalue weighted by molar-refractivity contribution is 6.49. The molecule has 0 aromatic heterocycles. The molecule has 1 saturated heterocycles. The first-order valence-corrected chi connectivity index (χ1v) is 9.37. The fourth-order valence-electron chi connectivity index (χ4n) is 3.74. The van der Waals surface area contributed by atoms with Crippen LogP contribution in [0.15, 0.2) is 78.9 Å². The highest BCUT2D eigenvalue weighted by atomic mass is 19.1. The van der Waals surface area contributed by atoms with E-state index in [-0.39, 0.29) is 0 Å². The molecule has 30 heavy (non-hydrogen) atoms. The van der Waals surface area contributed by atoms with Crippen LogP contribution in [0.3, 0.4) is 0 Å². The van der Waals surface area contributed by atoms with Gasteiger partial charge in [-0.15, -0.1) is 0 Å². The number of rotatable bonds is 5. The van der Waals surface area contributed by atoms with Gasteiger partial charge in [-0.2, -0.15) is 0 Å². The summed E-state index contributed by atoms with van der Waals surface area (Å²) in [4.78, 5) is 40.5. The molecule has 6 heteroatoms. The van der Waals surface area contributed by atoms with E-state index in [9.17, 15) is 18.8 Å². The number of methoxy groups -OCH3 is 1. The molecule has 0 spiro atoms. The Morgan fingerprint density at radius 2 is 1.53 bits per heavy atom. The average Bonchev–Trinajstić information content (AvgIpc) is 3.05. The molecule has 0 saturated carbocycles. The predicted molar refractivity (Wildman–Crippen MR) is 109 cm³/mol. The minimum absolute atomic E-state index is 0.309. The molecule has 1 aliphatic rings. The van der Waals surface area contributed by atoms with Gasteiger partial charge < -0.3 is 4.74 Å². The maximum Gasteiger partial charge on any atom is 0.295 e. The number of ketones is 2. The van der Waals surface area contributed by atoms with Crippen molar-refractivity contribution in [3.63, 3.8) is 0 Å². The van der Waals surface area contributed by atoms with Crippen LogP contribution in [0.2, 0.25) is 0 Å². The van der Waals surface area contributed by atoms with Crippen LogP contribution < -0.4 is 9.64 Å². The predicted octanol–water partition coefficient (Wildman–Crippen LogP) is 3.99. The van der Waals surface area contributed by atoms with Gasteiger partial charge in [-0.05, 0) is 54.1 Å². The van der Waals surface area contributed by atoms with E-state index < -0.39 is 35.3 Å². The molecule has 0 N–H and O–H groups in total. The molecule has 1 heterocycles. The van der Waals surface area contributed by atoms with Gasteiger partial charge in [0.2, 0.25) is 5.78 Å². The van der Waals surface area contributed by atoms with E-state index in [1.165, 1.54) is 36.3 Å². The largest absolute Gasteiger partial charge is 0.497 e. The molecule has 0 radical (unpaired) electrons. The van der Waals surface area contributed by atoms with Crippen LogP contribution in [-0.2, 0) is 9.59 Å². The Kier molecular flexibility index (Phi) is 5.14. The van der Waals surface area contributed by atoms with Crippen LogP contribution >= 0.6 is 0 Å². The van der Waals surface area contributed by atoms with Gasteiger partial charge in [0.05, 0.1) is 13.2 Å². The summed E-state index contributed by atoms with van der Waals surface area (Å²) in [6, 6.07) is 19.8. The summed E-state index contributed by atoms with van der Waals surface area (Å²) < 4.78 is 18.5. The second kappa shape index (κ2) is 7.91. The van der Waals surface area contributed by atoms with Crippen molar-refractivity contribution in [3.05, 3.63) is 95.8 Å². The van der Waals surface area contributed by atoms with E-state index >= 15 is 0 Å². The van der Waals surface area contributed by atoms with E-state index in [2.05, 4.69) is 0 Å². The van der Waals surface area contributed by atoms with Gasteiger partial charge in [0, 0.05) is 11.3 Å². The van der Waals surface area contributed by atoms with Gasteiger partial charge in [-0.25, -0.2) is 4.39 Å². The van der Waals surface area contributed by atoms with Crippen LogP contribution in [0.1, 0.15) is 22.0 Å². The fraction of sp³-hybridized carbons (Fsp3) is 0.125. The normalized spacial score (nSPS) is 18.5. The molecule has 3 aromatic rings. The van der Waals surface area contributed by atoms with Crippen molar-refractivity contribution in [1.82, 2.24) is 0 Å². The second-order valence-corrected chi connectivity index (χ2v) is 6.94. The Labute approximate surface area is 172 Å². The quantitative estimate of drug-likeness (QED) is 0.367. The van der Waals surface area contributed by atoms with Gasteiger partial charge in [-0.1, -0.05) is 30.3 Å². The summed E-state index contributed by atoms with van der Waals surface area (Å²) in [5.74, 6) is -3.11. The highest BCUT2D eigenvalue weighted by Crippen LogP contribution is 2.41. The van der Waals surface area contributed by atoms with Gasteiger partial charge in [0.15, 0.2) is 5.78 Å². The van der Waals surface area contributed by atoms with Crippen LogP contribution in [0.25, 0.3) is 0 Å². The standard InChI is InChI=1S/C24H18FNO4/c1-30-19-13-7-16(8-14-19)22(27)20-21(15-5-3-2-4-6-15)26(24(29)23(20)28)18-11-9-17(25)10-12-18/h2-14,20-21H,1H3. The van der Waals surface area contributed by atoms with Gasteiger partial charge in [0.1, 0.15) is 17.5 Å². The molecule has 2 atom stereocenters. The van der Waals surface area contributed by atoms with Crippen LogP contribution in [-0.4, -0.2) is 24.6 Å². The van der Waals surface area contributed by atoms with E-state index in [4.69, 9.17) is 4.74 Å². The van der Waals surface area contributed by atoms with Crippen LogP contribution in [0, 0.1) is 11.7 Å². The number of benzene rings is 3. The summed E-state index contributed by atoms with van der Waals surface area (Å²) in [6.07, 6.45) is 0. The molecule has 150 valence electrons. The van der Waals surface area contributed by atoms with E-state index in [1.807, 2.05) is 6.07 Å². The van der Waals surface area contributed by atoms with Crippen LogP contribution in [0.5, 0.6) is 5.75 Å². The molecular weight excluding hydrogens is 385 g/mol. The SMILES string of the molecule is COc1ccc(C(=O)C2C(=O)C(=O)N(c3ccc(F)cc3)C2c2ccccc2)cc1. The summed E-state index contributed by atoms with van der Waals surface area (Å²) in [5, 5.41) is 0. The topological polar surface area (TPSA) is 63.7 Å². The van der Waals surface area contributed by atoms with Crippen molar-refractivity contribution >= 4 is 23.2 Å². The molecule has 3 aromatic carbocycles. The monoisotopic (exact) mass is 403 g/mol. The zero-order valence-electron chi connectivity index (χ0n) is 16.1. The third-order valence-electron chi connectivity index (χ3n) is 5.21. The Morgan fingerprint density at radius 3 is 2.13 bits per heavy atom. The first-order valence-electron chi connectivity index (χ1n) is 9.37. The number of hydrogen-bond acceptors (Lipinski definition) is 4. The van der Waals surface area contributed by atoms with Crippen molar-refractivity contribution in [2.75, 3.05) is 12.0 Å². The maximum atomic E-state index is 13.4. The summed E-state index contributed by atoms with van der Waals surface area (Å²) >= 11 is 0. The first kappa shape index (κ1) is 19.5. The number of Topliss-reactive ketones (excluding diaryl/α,β-unsaturated/α-hetero) is 2. The lowest BCUT2D eigenvalue weighted by atomic mass is 9.86. The van der Waals surface area contributed by atoms with Crippen molar-refractivity contribution in [2.45, 2.75) is 6.04 Å². The molecule has 1 aliphatic heterocycles.